The van der Waals surface area contributed by atoms with Gasteiger partial charge in [0.15, 0.2) is 5.78 Å². The molecule has 30 heavy (non-hydrogen) atoms. The molecular formula is C28H30O2. The van der Waals surface area contributed by atoms with E-state index >= 15 is 0 Å². The van der Waals surface area contributed by atoms with Gasteiger partial charge in [0.1, 0.15) is 0 Å². The summed E-state index contributed by atoms with van der Waals surface area (Å²) in [5, 5.41) is 0. The van der Waals surface area contributed by atoms with Crippen LogP contribution in [0.25, 0.3) is 11.6 Å². The van der Waals surface area contributed by atoms with Gasteiger partial charge in [-0.2, -0.15) is 0 Å². The Morgan fingerprint density at radius 3 is 2.60 bits per heavy atom. The van der Waals surface area contributed by atoms with Crippen molar-refractivity contribution in [2.45, 2.75) is 57.0 Å². The third kappa shape index (κ3) is 3.37. The quantitative estimate of drug-likeness (QED) is 0.577. The summed E-state index contributed by atoms with van der Waals surface area (Å²) < 4.78 is 6.88. The van der Waals surface area contributed by atoms with Crippen molar-refractivity contribution in [2.75, 3.05) is 6.61 Å². The average molecular weight is 399 g/mol. The number of aryl methyl sites for hydroxylation is 1. The van der Waals surface area contributed by atoms with E-state index in [2.05, 4.69) is 67.6 Å². The van der Waals surface area contributed by atoms with Gasteiger partial charge in [0.2, 0.25) is 0 Å². The molecule has 1 aliphatic heterocycles. The van der Waals surface area contributed by atoms with Crippen molar-refractivity contribution in [1.29, 1.82) is 0 Å². The number of rotatable bonds is 2. The maximum atomic E-state index is 12.5. The molecule has 0 amide bonds. The van der Waals surface area contributed by atoms with Crippen molar-refractivity contribution in [1.82, 2.24) is 0 Å². The summed E-state index contributed by atoms with van der Waals surface area (Å²) in [4.78, 5) is 12.5. The third-order valence-corrected chi connectivity index (χ3v) is 7.40. The van der Waals surface area contributed by atoms with Crippen LogP contribution in [0.4, 0.5) is 0 Å². The van der Waals surface area contributed by atoms with Gasteiger partial charge >= 0.3 is 0 Å². The Hall–Kier alpha value is -2.45. The van der Waals surface area contributed by atoms with Gasteiger partial charge in [-0.25, -0.2) is 0 Å². The molecule has 0 aromatic heterocycles. The van der Waals surface area contributed by atoms with Crippen LogP contribution in [-0.4, -0.2) is 18.0 Å². The monoisotopic (exact) mass is 398 g/mol. The Labute approximate surface area is 179 Å². The lowest BCUT2D eigenvalue weighted by Crippen LogP contribution is -2.47. The predicted molar refractivity (Wildman–Crippen MR) is 122 cm³/mol. The molecule has 0 spiro atoms. The highest BCUT2D eigenvalue weighted by Gasteiger charge is 2.49. The van der Waals surface area contributed by atoms with Crippen LogP contribution < -0.4 is 0 Å². The molecule has 2 nitrogen and oxygen atoms in total. The smallest absolute Gasteiger partial charge is 0.156 e. The molecule has 0 bridgehead atoms. The topological polar surface area (TPSA) is 26.3 Å². The van der Waals surface area contributed by atoms with Crippen LogP contribution in [0.5, 0.6) is 0 Å². The first-order valence-electron chi connectivity index (χ1n) is 11.4. The molecule has 0 saturated heterocycles. The van der Waals surface area contributed by atoms with Crippen LogP contribution in [0.1, 0.15) is 66.7 Å². The molecule has 2 aromatic carbocycles. The fraction of sp³-hybridized carbons (Fsp3) is 0.393. The Kier molecular flexibility index (Phi) is 5.20. The summed E-state index contributed by atoms with van der Waals surface area (Å²) in [7, 11) is 0. The SMILES string of the molecule is Cc1ccccc1/C=C1\CO[C@@]2(C3CCCCC3)C=CC(=O)C[C@H]2c2ccccc21. The minimum Gasteiger partial charge on any atom is -0.365 e. The highest BCUT2D eigenvalue weighted by Crippen LogP contribution is 2.52. The van der Waals surface area contributed by atoms with Crippen LogP contribution in [0.2, 0.25) is 0 Å². The van der Waals surface area contributed by atoms with E-state index in [1.165, 1.54) is 59.9 Å². The molecule has 0 N–H and O–H groups in total. The Morgan fingerprint density at radius 1 is 1.00 bits per heavy atom. The second-order valence-corrected chi connectivity index (χ2v) is 9.15. The van der Waals surface area contributed by atoms with E-state index in [0.29, 0.717) is 18.9 Å². The zero-order chi connectivity index (χ0) is 20.6. The highest BCUT2D eigenvalue weighted by atomic mass is 16.5. The first kappa shape index (κ1) is 19.5. The minimum atomic E-state index is -0.369. The molecule has 1 saturated carbocycles. The molecule has 2 atom stereocenters. The van der Waals surface area contributed by atoms with Crippen LogP contribution in [0, 0.1) is 12.8 Å². The normalized spacial score (nSPS) is 28.1. The van der Waals surface area contributed by atoms with Crippen LogP contribution in [0.3, 0.4) is 0 Å². The number of hydrogen-bond acceptors (Lipinski definition) is 2. The van der Waals surface area contributed by atoms with Crippen molar-refractivity contribution in [3.63, 3.8) is 0 Å². The van der Waals surface area contributed by atoms with E-state index in [1.54, 1.807) is 6.08 Å². The Morgan fingerprint density at radius 2 is 1.77 bits per heavy atom. The zero-order valence-corrected chi connectivity index (χ0v) is 17.8. The zero-order valence-electron chi connectivity index (χ0n) is 17.8. The summed E-state index contributed by atoms with van der Waals surface area (Å²) >= 11 is 0. The van der Waals surface area contributed by atoms with Crippen LogP contribution >= 0.6 is 0 Å². The van der Waals surface area contributed by atoms with Crippen LogP contribution in [-0.2, 0) is 9.53 Å². The number of benzene rings is 2. The highest BCUT2D eigenvalue weighted by molar-refractivity contribution is 5.93. The van der Waals surface area contributed by atoms with Crippen molar-refractivity contribution >= 4 is 17.4 Å². The second-order valence-electron chi connectivity index (χ2n) is 9.15. The fourth-order valence-electron chi connectivity index (χ4n) is 5.79. The van der Waals surface area contributed by atoms with Gasteiger partial charge in [-0.1, -0.05) is 67.8 Å². The van der Waals surface area contributed by atoms with Gasteiger partial charge in [-0.3, -0.25) is 4.79 Å². The van der Waals surface area contributed by atoms with Crippen molar-refractivity contribution in [2.24, 2.45) is 5.92 Å². The Bertz CT molecular complexity index is 1010. The molecule has 1 heterocycles. The molecule has 2 aliphatic carbocycles. The van der Waals surface area contributed by atoms with E-state index in [9.17, 15) is 4.79 Å². The van der Waals surface area contributed by atoms with Crippen molar-refractivity contribution in [3.05, 3.63) is 82.9 Å². The number of fused-ring (bicyclic) bond motifs is 3. The molecule has 3 aliphatic rings. The number of allylic oxidation sites excluding steroid dienone is 1. The average Bonchev–Trinajstić information content (AvgIpc) is 2.92. The summed E-state index contributed by atoms with van der Waals surface area (Å²) in [6.45, 7) is 2.73. The van der Waals surface area contributed by atoms with Gasteiger partial charge < -0.3 is 4.74 Å². The molecule has 0 unspecified atom stereocenters. The van der Waals surface area contributed by atoms with Gasteiger partial charge in [-0.15, -0.1) is 0 Å². The lowest BCUT2D eigenvalue weighted by Gasteiger charge is -2.46. The molecule has 0 radical (unpaired) electrons. The summed E-state index contributed by atoms with van der Waals surface area (Å²) in [6, 6.07) is 17.2. The van der Waals surface area contributed by atoms with E-state index in [4.69, 9.17) is 4.74 Å². The Balaban J connectivity index is 1.66. The largest absolute Gasteiger partial charge is 0.365 e. The van der Waals surface area contributed by atoms with Crippen LogP contribution in [0.15, 0.2) is 60.7 Å². The number of ether oxygens (including phenoxy) is 1. The lowest BCUT2D eigenvalue weighted by atomic mass is 9.64. The van der Waals surface area contributed by atoms with Gasteiger partial charge in [0, 0.05) is 12.3 Å². The molecule has 5 rings (SSSR count). The number of carbonyl (C=O) groups excluding carboxylic acids is 1. The van der Waals surface area contributed by atoms with E-state index in [0.717, 1.165) is 0 Å². The summed E-state index contributed by atoms with van der Waals surface area (Å²) in [6.07, 6.45) is 13.0. The molecular weight excluding hydrogens is 368 g/mol. The predicted octanol–water partition coefficient (Wildman–Crippen LogP) is 6.50. The minimum absolute atomic E-state index is 0.0945. The van der Waals surface area contributed by atoms with Gasteiger partial charge in [-0.05, 0) is 71.7 Å². The molecule has 2 heteroatoms. The number of carbonyl (C=O) groups is 1. The van der Waals surface area contributed by atoms with E-state index in [-0.39, 0.29) is 17.3 Å². The lowest BCUT2D eigenvalue weighted by molar-refractivity contribution is -0.121. The van der Waals surface area contributed by atoms with E-state index < -0.39 is 0 Å². The van der Waals surface area contributed by atoms with Gasteiger partial charge in [0.05, 0.1) is 12.2 Å². The van der Waals surface area contributed by atoms with Crippen molar-refractivity contribution < 1.29 is 9.53 Å². The standard InChI is InChI=1S/C28H30O2/c1-20-9-5-6-10-21(20)17-22-19-30-28(23-11-3-2-4-12-23)16-15-24(29)18-27(28)26-14-8-7-13-25(22)26/h5-10,13-17,23,27H,2-4,11-12,18-19H2,1H3/b22-17+/t27-,28+/m0/s1. The first-order valence-corrected chi connectivity index (χ1v) is 11.4. The molecule has 1 fully saturated rings. The number of hydrogen-bond donors (Lipinski definition) is 0. The first-order chi connectivity index (χ1) is 14.7. The molecule has 2 aromatic rings. The molecule has 154 valence electrons. The fourth-order valence-corrected chi connectivity index (χ4v) is 5.79. The van der Waals surface area contributed by atoms with E-state index in [1.807, 2.05) is 0 Å². The van der Waals surface area contributed by atoms with Gasteiger partial charge in [0.25, 0.3) is 0 Å². The van der Waals surface area contributed by atoms with Crippen molar-refractivity contribution in [3.8, 4) is 0 Å². The maximum Gasteiger partial charge on any atom is 0.156 e. The summed E-state index contributed by atoms with van der Waals surface area (Å²) in [5.74, 6) is 0.791. The second kappa shape index (κ2) is 8.00. The number of ketones is 1. The summed E-state index contributed by atoms with van der Waals surface area (Å²) in [5.41, 5.74) is 5.86. The maximum absolute atomic E-state index is 12.5. The third-order valence-electron chi connectivity index (χ3n) is 7.40.